The lowest BCUT2D eigenvalue weighted by Gasteiger charge is -2.15. The van der Waals surface area contributed by atoms with Crippen LogP contribution < -0.4 is 10.0 Å². The second-order valence-corrected chi connectivity index (χ2v) is 10.0. The van der Waals surface area contributed by atoms with E-state index < -0.39 is 10.0 Å². The zero-order chi connectivity index (χ0) is 23.6. The Hall–Kier alpha value is -2.55. The number of anilines is 1. The van der Waals surface area contributed by atoms with Gasteiger partial charge in [-0.2, -0.15) is 5.10 Å². The van der Waals surface area contributed by atoms with Gasteiger partial charge in [0.15, 0.2) is 0 Å². The monoisotopic (exact) mass is 494 g/mol. The number of hydrogen-bond donors (Lipinski definition) is 2. The first-order valence-corrected chi connectivity index (χ1v) is 12.1. The van der Waals surface area contributed by atoms with Gasteiger partial charge in [-0.15, -0.1) is 0 Å². The van der Waals surface area contributed by atoms with Crippen LogP contribution in [0, 0.1) is 13.8 Å². The molecule has 0 saturated carbocycles. The number of halogens is 2. The zero-order valence-electron chi connectivity index (χ0n) is 18.1. The Balaban J connectivity index is 1.64. The highest BCUT2D eigenvalue weighted by molar-refractivity contribution is 7.92. The standard InChI is InChI=1S/C22H24Cl2N4O3S/c1-13(22-14(2)26-28(4)15(22)3)25-21(29)11-16-5-7-17(8-6-16)27-32(30,31)18-9-10-19(23)20(24)12-18/h5-10,12-13,27H,11H2,1-4H3,(H,25,29). The van der Waals surface area contributed by atoms with E-state index >= 15 is 0 Å². The fourth-order valence-electron chi connectivity index (χ4n) is 3.52. The number of rotatable bonds is 7. The van der Waals surface area contributed by atoms with Crippen molar-refractivity contribution in [3.05, 3.63) is 75.0 Å². The van der Waals surface area contributed by atoms with Crippen LogP contribution >= 0.6 is 23.2 Å². The van der Waals surface area contributed by atoms with Gasteiger partial charge in [0.2, 0.25) is 5.91 Å². The van der Waals surface area contributed by atoms with Crippen molar-refractivity contribution in [1.82, 2.24) is 15.1 Å². The van der Waals surface area contributed by atoms with Crippen molar-refractivity contribution in [2.75, 3.05) is 4.72 Å². The van der Waals surface area contributed by atoms with Gasteiger partial charge in [0, 0.05) is 24.0 Å². The third-order valence-electron chi connectivity index (χ3n) is 5.15. The molecule has 0 spiro atoms. The minimum absolute atomic E-state index is 0.00494. The molecule has 1 amide bonds. The highest BCUT2D eigenvalue weighted by Crippen LogP contribution is 2.26. The molecular formula is C22H24Cl2N4O3S. The van der Waals surface area contributed by atoms with E-state index in [2.05, 4.69) is 15.1 Å². The first-order chi connectivity index (χ1) is 15.0. The fraction of sp³-hybridized carbons (Fsp3) is 0.273. The molecule has 0 aliphatic rings. The molecular weight excluding hydrogens is 471 g/mol. The molecule has 0 radical (unpaired) electrons. The van der Waals surface area contributed by atoms with Crippen LogP contribution in [0.2, 0.25) is 10.0 Å². The van der Waals surface area contributed by atoms with Crippen molar-refractivity contribution < 1.29 is 13.2 Å². The smallest absolute Gasteiger partial charge is 0.261 e. The van der Waals surface area contributed by atoms with E-state index in [1.54, 1.807) is 28.9 Å². The number of hydrogen-bond acceptors (Lipinski definition) is 4. The van der Waals surface area contributed by atoms with Crippen molar-refractivity contribution in [2.24, 2.45) is 7.05 Å². The van der Waals surface area contributed by atoms with E-state index in [4.69, 9.17) is 23.2 Å². The van der Waals surface area contributed by atoms with Gasteiger partial charge in [-0.3, -0.25) is 14.2 Å². The molecule has 7 nitrogen and oxygen atoms in total. The van der Waals surface area contributed by atoms with Gasteiger partial charge >= 0.3 is 0 Å². The highest BCUT2D eigenvalue weighted by Gasteiger charge is 2.19. The minimum Gasteiger partial charge on any atom is -0.349 e. The maximum atomic E-state index is 12.6. The van der Waals surface area contributed by atoms with Crippen LogP contribution in [0.3, 0.4) is 0 Å². The Kier molecular flexibility index (Phi) is 7.17. The molecule has 0 aliphatic carbocycles. The largest absolute Gasteiger partial charge is 0.349 e. The summed E-state index contributed by atoms with van der Waals surface area (Å²) in [5.74, 6) is -0.135. The summed E-state index contributed by atoms with van der Waals surface area (Å²) in [7, 11) is -1.95. The summed E-state index contributed by atoms with van der Waals surface area (Å²) in [6.45, 7) is 5.81. The van der Waals surface area contributed by atoms with E-state index in [0.717, 1.165) is 22.5 Å². The normalized spacial score (nSPS) is 12.4. The Morgan fingerprint density at radius 1 is 1.09 bits per heavy atom. The summed E-state index contributed by atoms with van der Waals surface area (Å²) in [6, 6.07) is 10.5. The van der Waals surface area contributed by atoms with Crippen molar-refractivity contribution in [3.8, 4) is 0 Å². The molecule has 10 heteroatoms. The van der Waals surface area contributed by atoms with Crippen molar-refractivity contribution >= 4 is 44.8 Å². The van der Waals surface area contributed by atoms with Gasteiger partial charge in [-0.05, 0) is 56.7 Å². The quantitative estimate of drug-likeness (QED) is 0.503. The van der Waals surface area contributed by atoms with Gasteiger partial charge in [0.05, 0.1) is 33.1 Å². The molecule has 3 rings (SSSR count). The molecule has 1 heterocycles. The SMILES string of the molecule is Cc1nn(C)c(C)c1C(C)NC(=O)Cc1ccc(NS(=O)(=O)c2ccc(Cl)c(Cl)c2)cc1. The van der Waals surface area contributed by atoms with Gasteiger partial charge in [-0.1, -0.05) is 35.3 Å². The van der Waals surface area contributed by atoms with Gasteiger partial charge in [0.1, 0.15) is 0 Å². The number of amides is 1. The van der Waals surface area contributed by atoms with E-state index in [1.165, 1.54) is 18.2 Å². The molecule has 0 aliphatic heterocycles. The average Bonchev–Trinajstić information content (AvgIpc) is 2.96. The third kappa shape index (κ3) is 5.43. The first kappa shape index (κ1) is 24.1. The van der Waals surface area contributed by atoms with Gasteiger partial charge in [-0.25, -0.2) is 8.42 Å². The van der Waals surface area contributed by atoms with Crippen LogP contribution in [0.25, 0.3) is 0 Å². The predicted octanol–water partition coefficient (Wildman–Crippen LogP) is 4.56. The minimum atomic E-state index is -3.82. The molecule has 170 valence electrons. The number of nitrogens with one attached hydrogen (secondary N) is 2. The molecule has 32 heavy (non-hydrogen) atoms. The highest BCUT2D eigenvalue weighted by atomic mass is 35.5. The third-order valence-corrected chi connectivity index (χ3v) is 7.27. The lowest BCUT2D eigenvalue weighted by molar-refractivity contribution is -0.121. The summed E-state index contributed by atoms with van der Waals surface area (Å²) in [5, 5.41) is 7.81. The number of carbonyl (C=O) groups excluding carboxylic acids is 1. The van der Waals surface area contributed by atoms with E-state index in [9.17, 15) is 13.2 Å². The maximum Gasteiger partial charge on any atom is 0.261 e. The van der Waals surface area contributed by atoms with Crippen LogP contribution in [0.15, 0.2) is 47.4 Å². The number of aryl methyl sites for hydroxylation is 2. The predicted molar refractivity (Wildman–Crippen MR) is 127 cm³/mol. The lowest BCUT2D eigenvalue weighted by atomic mass is 10.1. The fourth-order valence-corrected chi connectivity index (χ4v) is 4.96. The number of carbonyl (C=O) groups is 1. The van der Waals surface area contributed by atoms with Gasteiger partial charge < -0.3 is 5.32 Å². The van der Waals surface area contributed by atoms with Crippen molar-refractivity contribution in [3.63, 3.8) is 0 Å². The number of benzene rings is 2. The van der Waals surface area contributed by atoms with Gasteiger partial charge in [0.25, 0.3) is 10.0 Å². The molecule has 0 bridgehead atoms. The average molecular weight is 495 g/mol. The summed E-state index contributed by atoms with van der Waals surface area (Å²) in [4.78, 5) is 12.5. The van der Waals surface area contributed by atoms with Crippen molar-refractivity contribution in [2.45, 2.75) is 38.1 Å². The number of nitrogens with zero attached hydrogens (tertiary/aromatic N) is 2. The van der Waals surface area contributed by atoms with Crippen LogP contribution in [0.4, 0.5) is 5.69 Å². The summed E-state index contributed by atoms with van der Waals surface area (Å²) < 4.78 is 29.4. The number of sulfonamides is 1. The van der Waals surface area contributed by atoms with Crippen LogP contribution in [-0.2, 0) is 28.3 Å². The van der Waals surface area contributed by atoms with E-state index in [0.29, 0.717) is 5.69 Å². The topological polar surface area (TPSA) is 93.1 Å². The zero-order valence-corrected chi connectivity index (χ0v) is 20.4. The lowest BCUT2D eigenvalue weighted by Crippen LogP contribution is -2.28. The van der Waals surface area contributed by atoms with E-state index in [-0.39, 0.29) is 33.3 Å². The maximum absolute atomic E-state index is 12.6. The Labute approximate surface area is 197 Å². The molecule has 2 aromatic carbocycles. The van der Waals surface area contributed by atoms with Crippen molar-refractivity contribution in [1.29, 1.82) is 0 Å². The second kappa shape index (κ2) is 9.52. The first-order valence-electron chi connectivity index (χ1n) is 9.84. The van der Waals surface area contributed by atoms with Crippen LogP contribution in [0.1, 0.15) is 35.5 Å². The molecule has 0 fully saturated rings. The molecule has 0 saturated heterocycles. The summed E-state index contributed by atoms with van der Waals surface area (Å²) >= 11 is 11.8. The van der Waals surface area contributed by atoms with Crippen LogP contribution in [-0.4, -0.2) is 24.1 Å². The second-order valence-electron chi connectivity index (χ2n) is 7.55. The molecule has 1 atom stereocenters. The van der Waals surface area contributed by atoms with Crippen LogP contribution in [0.5, 0.6) is 0 Å². The molecule has 1 unspecified atom stereocenters. The summed E-state index contributed by atoms with van der Waals surface area (Å²) in [5.41, 5.74) is 4.03. The Morgan fingerprint density at radius 3 is 2.31 bits per heavy atom. The Morgan fingerprint density at radius 2 is 1.75 bits per heavy atom. The summed E-state index contributed by atoms with van der Waals surface area (Å²) in [6.07, 6.45) is 0.169. The van der Waals surface area contributed by atoms with E-state index in [1.807, 2.05) is 27.8 Å². The molecule has 2 N–H and O–H groups in total. The molecule has 3 aromatic rings. The molecule has 1 aromatic heterocycles. The Bertz CT molecular complexity index is 1250. The number of aromatic nitrogens is 2.